The fourth-order valence-electron chi connectivity index (χ4n) is 3.49. The van der Waals surface area contributed by atoms with Crippen molar-refractivity contribution in [1.82, 2.24) is 30.0 Å². The minimum atomic E-state index is -5.09. The van der Waals surface area contributed by atoms with Crippen molar-refractivity contribution in [3.8, 4) is 5.82 Å². The number of amides is 2. The lowest BCUT2D eigenvalue weighted by Gasteiger charge is -2.30. The van der Waals surface area contributed by atoms with Crippen molar-refractivity contribution in [1.29, 1.82) is 0 Å². The molecule has 1 N–H and O–H groups in total. The van der Waals surface area contributed by atoms with Crippen LogP contribution in [0.5, 0.6) is 0 Å². The van der Waals surface area contributed by atoms with Crippen molar-refractivity contribution in [2.45, 2.75) is 31.7 Å². The van der Waals surface area contributed by atoms with E-state index in [9.17, 15) is 35.9 Å². The van der Waals surface area contributed by atoms with Crippen LogP contribution in [0.4, 0.5) is 26.3 Å². The SMILES string of the molecule is C[C@H](NC(=O)c1cc(C(F)(F)F)cc(C(F)(F)F)c1)c1ncnn1-c1ccc(C(=O)N2CCC2)cn1. The molecule has 0 radical (unpaired) electrons. The van der Waals surface area contributed by atoms with E-state index in [0.29, 0.717) is 30.8 Å². The molecule has 0 unspecified atom stereocenters. The summed E-state index contributed by atoms with van der Waals surface area (Å²) in [5.74, 6) is -0.987. The molecule has 2 aromatic heterocycles. The third-order valence-electron chi connectivity index (χ3n) is 5.51. The molecular formula is C22H18F6N6O2. The number of pyridine rings is 1. The Hall–Kier alpha value is -3.97. The quantitative estimate of drug-likeness (QED) is 0.521. The van der Waals surface area contributed by atoms with Gasteiger partial charge in [0.1, 0.15) is 6.33 Å². The van der Waals surface area contributed by atoms with E-state index in [1.54, 1.807) is 11.0 Å². The van der Waals surface area contributed by atoms with Gasteiger partial charge in [-0.25, -0.2) is 9.97 Å². The molecule has 1 aliphatic rings. The average molecular weight is 512 g/mol. The predicted octanol–water partition coefficient (Wildman–Crippen LogP) is 4.04. The Morgan fingerprint density at radius 3 is 2.08 bits per heavy atom. The van der Waals surface area contributed by atoms with Crippen LogP contribution >= 0.6 is 0 Å². The summed E-state index contributed by atoms with van der Waals surface area (Å²) < 4.78 is 80.0. The van der Waals surface area contributed by atoms with E-state index in [1.165, 1.54) is 23.9 Å². The number of hydrogen-bond acceptors (Lipinski definition) is 5. The van der Waals surface area contributed by atoms with Crippen LogP contribution in [0, 0.1) is 0 Å². The highest BCUT2D eigenvalue weighted by molar-refractivity contribution is 5.95. The van der Waals surface area contributed by atoms with Gasteiger partial charge < -0.3 is 10.2 Å². The first-order valence-corrected chi connectivity index (χ1v) is 10.6. The molecule has 3 heterocycles. The molecule has 4 rings (SSSR count). The van der Waals surface area contributed by atoms with E-state index in [2.05, 4.69) is 20.4 Å². The van der Waals surface area contributed by atoms with Crippen LogP contribution < -0.4 is 5.32 Å². The highest BCUT2D eigenvalue weighted by Crippen LogP contribution is 2.36. The van der Waals surface area contributed by atoms with Crippen LogP contribution in [0.25, 0.3) is 5.82 Å². The molecule has 1 atom stereocenters. The normalized spacial score (nSPS) is 14.8. The van der Waals surface area contributed by atoms with Crippen LogP contribution in [0.1, 0.15) is 57.1 Å². The Balaban J connectivity index is 1.55. The zero-order chi connectivity index (χ0) is 26.3. The van der Waals surface area contributed by atoms with Gasteiger partial charge in [0.05, 0.1) is 22.7 Å². The lowest BCUT2D eigenvalue weighted by molar-refractivity contribution is -0.143. The molecule has 190 valence electrons. The third kappa shape index (κ3) is 5.16. The number of aromatic nitrogens is 4. The highest BCUT2D eigenvalue weighted by Gasteiger charge is 2.37. The minimum Gasteiger partial charge on any atom is -0.342 e. The molecule has 1 fully saturated rings. The van der Waals surface area contributed by atoms with Gasteiger partial charge in [0.15, 0.2) is 11.6 Å². The number of halogens is 6. The van der Waals surface area contributed by atoms with Crippen LogP contribution in [0.3, 0.4) is 0 Å². The Morgan fingerprint density at radius 1 is 0.944 bits per heavy atom. The second-order valence-corrected chi connectivity index (χ2v) is 8.07. The summed E-state index contributed by atoms with van der Waals surface area (Å²) in [5, 5.41) is 6.36. The van der Waals surface area contributed by atoms with E-state index in [1.807, 2.05) is 0 Å². The van der Waals surface area contributed by atoms with Crippen molar-refractivity contribution in [2.24, 2.45) is 0 Å². The maximum absolute atomic E-state index is 13.1. The van der Waals surface area contributed by atoms with Crippen molar-refractivity contribution in [3.63, 3.8) is 0 Å². The lowest BCUT2D eigenvalue weighted by atomic mass is 10.0. The number of nitrogens with one attached hydrogen (secondary N) is 1. The average Bonchev–Trinajstić information content (AvgIpc) is 3.26. The first-order chi connectivity index (χ1) is 16.8. The van der Waals surface area contributed by atoms with E-state index in [4.69, 9.17) is 0 Å². The number of rotatable bonds is 5. The number of carbonyl (C=O) groups excluding carboxylic acids is 2. The van der Waals surface area contributed by atoms with Crippen LogP contribution in [0.15, 0.2) is 42.9 Å². The first kappa shape index (κ1) is 25.1. The molecule has 1 aromatic carbocycles. The maximum Gasteiger partial charge on any atom is 0.416 e. The molecule has 2 amide bonds. The van der Waals surface area contributed by atoms with Gasteiger partial charge in [-0.3, -0.25) is 9.59 Å². The molecule has 1 aliphatic heterocycles. The standard InChI is InChI=1S/C22H18F6N6O2/c1-12(32-19(35)14-7-15(21(23,24)25)9-16(8-14)22(26,27)28)18-30-11-31-34(18)17-4-3-13(10-29-17)20(36)33-5-2-6-33/h3-4,7-12H,2,5-6H2,1H3,(H,32,35)/t12-/m0/s1. The van der Waals surface area contributed by atoms with E-state index in [-0.39, 0.29) is 23.6 Å². The Labute approximate surface area is 199 Å². The topological polar surface area (TPSA) is 93.0 Å². The van der Waals surface area contributed by atoms with Gasteiger partial charge in [-0.15, -0.1) is 0 Å². The Morgan fingerprint density at radius 2 is 1.58 bits per heavy atom. The molecule has 14 heteroatoms. The van der Waals surface area contributed by atoms with Gasteiger partial charge in [0.2, 0.25) is 0 Å². The molecule has 0 saturated carbocycles. The number of carbonyl (C=O) groups is 2. The molecular weight excluding hydrogens is 494 g/mol. The van der Waals surface area contributed by atoms with Gasteiger partial charge >= 0.3 is 12.4 Å². The smallest absolute Gasteiger partial charge is 0.342 e. The summed E-state index contributed by atoms with van der Waals surface area (Å²) in [6.45, 7) is 2.77. The summed E-state index contributed by atoms with van der Waals surface area (Å²) in [6.07, 6.45) is -6.74. The van der Waals surface area contributed by atoms with Crippen LogP contribution in [-0.2, 0) is 12.4 Å². The van der Waals surface area contributed by atoms with Crippen molar-refractivity contribution in [2.75, 3.05) is 13.1 Å². The van der Waals surface area contributed by atoms with Crippen LogP contribution in [-0.4, -0.2) is 49.6 Å². The van der Waals surface area contributed by atoms with Gasteiger partial charge in [-0.1, -0.05) is 0 Å². The number of benzene rings is 1. The molecule has 0 spiro atoms. The largest absolute Gasteiger partial charge is 0.416 e. The van der Waals surface area contributed by atoms with Gasteiger partial charge in [-0.2, -0.15) is 36.1 Å². The molecule has 3 aromatic rings. The van der Waals surface area contributed by atoms with Crippen molar-refractivity contribution in [3.05, 3.63) is 70.9 Å². The Bertz CT molecular complexity index is 1250. The molecule has 0 bridgehead atoms. The summed E-state index contributed by atoms with van der Waals surface area (Å²) in [7, 11) is 0. The highest BCUT2D eigenvalue weighted by atomic mass is 19.4. The zero-order valence-electron chi connectivity index (χ0n) is 18.6. The molecule has 1 saturated heterocycles. The summed E-state index contributed by atoms with van der Waals surface area (Å²) >= 11 is 0. The second-order valence-electron chi connectivity index (χ2n) is 8.07. The van der Waals surface area contributed by atoms with E-state index < -0.39 is 41.0 Å². The number of likely N-dealkylation sites (tertiary alicyclic amines) is 1. The molecule has 36 heavy (non-hydrogen) atoms. The number of hydrogen-bond donors (Lipinski definition) is 1. The first-order valence-electron chi connectivity index (χ1n) is 10.6. The molecule has 8 nitrogen and oxygen atoms in total. The molecule has 0 aliphatic carbocycles. The monoisotopic (exact) mass is 512 g/mol. The maximum atomic E-state index is 13.1. The third-order valence-corrected chi connectivity index (χ3v) is 5.51. The minimum absolute atomic E-state index is 0.0567. The van der Waals surface area contributed by atoms with E-state index in [0.717, 1.165) is 12.7 Å². The fourth-order valence-corrected chi connectivity index (χ4v) is 3.49. The summed E-state index contributed by atoms with van der Waals surface area (Å²) in [4.78, 5) is 34.8. The van der Waals surface area contributed by atoms with Gasteiger partial charge in [0, 0.05) is 24.8 Å². The zero-order valence-corrected chi connectivity index (χ0v) is 18.6. The van der Waals surface area contributed by atoms with Crippen molar-refractivity contribution >= 4 is 11.8 Å². The van der Waals surface area contributed by atoms with Gasteiger partial charge in [0.25, 0.3) is 11.8 Å². The van der Waals surface area contributed by atoms with E-state index >= 15 is 0 Å². The fraction of sp³-hybridized carbons (Fsp3) is 0.318. The second kappa shape index (κ2) is 9.24. The lowest BCUT2D eigenvalue weighted by Crippen LogP contribution is -2.42. The van der Waals surface area contributed by atoms with Gasteiger partial charge in [-0.05, 0) is 43.7 Å². The Kier molecular flexibility index (Phi) is 6.45. The number of alkyl halides is 6. The number of nitrogens with zero attached hydrogens (tertiary/aromatic N) is 5. The van der Waals surface area contributed by atoms with Crippen LogP contribution in [0.2, 0.25) is 0 Å². The predicted molar refractivity (Wildman–Crippen MR) is 112 cm³/mol. The van der Waals surface area contributed by atoms with Crippen molar-refractivity contribution < 1.29 is 35.9 Å². The summed E-state index contributed by atoms with van der Waals surface area (Å²) in [6, 6.07) is 2.70. The summed E-state index contributed by atoms with van der Waals surface area (Å²) in [5.41, 5.74) is -3.65.